The van der Waals surface area contributed by atoms with Crippen LogP contribution >= 0.6 is 0 Å². The molecule has 26 heavy (non-hydrogen) atoms. The summed E-state index contributed by atoms with van der Waals surface area (Å²) < 4.78 is 5.12. The summed E-state index contributed by atoms with van der Waals surface area (Å²) in [5, 5.41) is 2.38. The monoisotopic (exact) mass is 347 g/mol. The third-order valence-electron chi connectivity index (χ3n) is 5.48. The summed E-state index contributed by atoms with van der Waals surface area (Å²) in [6, 6.07) is 12.6. The number of anilines is 1. The number of fused-ring (bicyclic) bond motifs is 3. The molecule has 0 saturated heterocycles. The molecular formula is C22H21NO3. The third-order valence-corrected chi connectivity index (χ3v) is 5.48. The Morgan fingerprint density at radius 2 is 1.81 bits per heavy atom. The highest BCUT2D eigenvalue weighted by atomic mass is 16.5. The van der Waals surface area contributed by atoms with E-state index in [1.165, 1.54) is 29.1 Å². The molecule has 1 aliphatic rings. The lowest BCUT2D eigenvalue weighted by Crippen LogP contribution is -2.36. The summed E-state index contributed by atoms with van der Waals surface area (Å²) in [6.07, 6.45) is 1.83. The molecule has 0 aromatic heterocycles. The van der Waals surface area contributed by atoms with Gasteiger partial charge in [-0.3, -0.25) is 9.59 Å². The lowest BCUT2D eigenvalue weighted by molar-refractivity contribution is 0.404. The topological polar surface area (TPSA) is 46.6 Å². The lowest BCUT2D eigenvalue weighted by Gasteiger charge is -2.26. The van der Waals surface area contributed by atoms with Crippen LogP contribution < -0.4 is 20.5 Å². The van der Waals surface area contributed by atoms with Crippen LogP contribution in [0.25, 0.3) is 16.8 Å². The van der Waals surface area contributed by atoms with Gasteiger partial charge in [-0.05, 0) is 23.9 Å². The Labute approximate surface area is 152 Å². The quantitative estimate of drug-likeness (QED) is 0.679. The largest absolute Gasteiger partial charge is 0.492 e. The van der Waals surface area contributed by atoms with Crippen LogP contribution in [0.3, 0.4) is 0 Å². The van der Waals surface area contributed by atoms with Gasteiger partial charge in [0.05, 0.1) is 18.4 Å². The van der Waals surface area contributed by atoms with Crippen LogP contribution in [0.5, 0.6) is 5.75 Å². The van der Waals surface area contributed by atoms with E-state index in [2.05, 4.69) is 49.9 Å². The van der Waals surface area contributed by atoms with E-state index in [-0.39, 0.29) is 11.2 Å². The van der Waals surface area contributed by atoms with Crippen molar-refractivity contribution in [2.75, 3.05) is 18.6 Å². The molecule has 0 amide bonds. The fourth-order valence-corrected chi connectivity index (χ4v) is 4.09. The van der Waals surface area contributed by atoms with Gasteiger partial charge < -0.3 is 9.64 Å². The van der Waals surface area contributed by atoms with Gasteiger partial charge in [0.2, 0.25) is 5.43 Å². The number of allylic oxidation sites excluding steroid dienone is 1. The molecule has 0 aliphatic carbocycles. The molecule has 132 valence electrons. The predicted molar refractivity (Wildman–Crippen MR) is 106 cm³/mol. The highest BCUT2D eigenvalue weighted by molar-refractivity contribution is 6.00. The first kappa shape index (κ1) is 16.6. The van der Waals surface area contributed by atoms with Crippen molar-refractivity contribution < 1.29 is 4.74 Å². The minimum Gasteiger partial charge on any atom is -0.492 e. The molecule has 0 N–H and O–H groups in total. The number of nitrogens with zero attached hydrogens (tertiary/aromatic N) is 1. The second-order valence-corrected chi connectivity index (χ2v) is 7.19. The Hall–Kier alpha value is -2.88. The number of methoxy groups -OCH3 is 1. The average Bonchev–Trinajstić information content (AvgIpc) is 2.87. The molecule has 3 aromatic carbocycles. The zero-order valence-corrected chi connectivity index (χ0v) is 15.4. The van der Waals surface area contributed by atoms with Gasteiger partial charge in [-0.2, -0.15) is 0 Å². The molecule has 0 atom stereocenters. The van der Waals surface area contributed by atoms with Gasteiger partial charge in [0.15, 0.2) is 5.75 Å². The smallest absolute Gasteiger partial charge is 0.268 e. The molecule has 0 spiro atoms. The molecule has 0 unspecified atom stereocenters. The number of hydrogen-bond acceptors (Lipinski definition) is 4. The molecule has 0 fully saturated rings. The van der Waals surface area contributed by atoms with Gasteiger partial charge in [0.25, 0.3) is 5.43 Å². The van der Waals surface area contributed by atoms with Gasteiger partial charge in [-0.25, -0.2) is 0 Å². The van der Waals surface area contributed by atoms with E-state index in [4.69, 9.17) is 4.74 Å². The predicted octanol–water partition coefficient (Wildman–Crippen LogP) is 3.60. The van der Waals surface area contributed by atoms with E-state index in [9.17, 15) is 9.59 Å². The summed E-state index contributed by atoms with van der Waals surface area (Å²) in [4.78, 5) is 26.0. The molecule has 4 rings (SSSR count). The van der Waals surface area contributed by atoms with Crippen LogP contribution in [-0.4, -0.2) is 13.7 Å². The Balaban J connectivity index is 1.99. The third kappa shape index (κ3) is 2.02. The second kappa shape index (κ2) is 5.56. The first-order valence-corrected chi connectivity index (χ1v) is 8.81. The summed E-state index contributed by atoms with van der Waals surface area (Å²) >= 11 is 0. The van der Waals surface area contributed by atoms with Gasteiger partial charge >= 0.3 is 0 Å². The van der Waals surface area contributed by atoms with Gasteiger partial charge in [0.1, 0.15) is 0 Å². The van der Waals surface area contributed by atoms with Crippen LogP contribution in [0, 0.1) is 0 Å². The van der Waals surface area contributed by atoms with Crippen molar-refractivity contribution in [2.24, 2.45) is 0 Å². The van der Waals surface area contributed by atoms with Gasteiger partial charge in [-0.1, -0.05) is 50.2 Å². The van der Waals surface area contributed by atoms with Gasteiger partial charge in [0, 0.05) is 23.0 Å². The van der Waals surface area contributed by atoms with Crippen molar-refractivity contribution in [2.45, 2.75) is 26.2 Å². The number of hydrogen-bond donors (Lipinski definition) is 0. The number of benzene rings is 2. The van der Waals surface area contributed by atoms with Crippen molar-refractivity contribution >= 4 is 22.5 Å². The zero-order chi connectivity index (χ0) is 18.6. The first-order chi connectivity index (χ1) is 12.4. The fraction of sp³-hybridized carbons (Fsp3) is 0.273. The van der Waals surface area contributed by atoms with E-state index in [0.29, 0.717) is 5.56 Å². The lowest BCUT2D eigenvalue weighted by atomic mass is 9.82. The number of likely N-dealkylation sites (N-methyl/N-ethyl adjacent to an activating group) is 1. The Morgan fingerprint density at radius 3 is 2.50 bits per heavy atom. The summed E-state index contributed by atoms with van der Waals surface area (Å²) in [5.74, 6) is 0.162. The highest BCUT2D eigenvalue weighted by Gasteiger charge is 2.41. The summed E-state index contributed by atoms with van der Waals surface area (Å²) in [6.45, 7) is 7.17. The van der Waals surface area contributed by atoms with E-state index in [1.807, 2.05) is 18.2 Å². The standard InChI is InChI=1S/C22H21NO3/c1-5-23-17(12-15-19(24)20(25)21(15)26-4)22(2,3)16-11-10-13-8-6-7-9-14(13)18(16)23/h6-12H,5H2,1-4H3. The van der Waals surface area contributed by atoms with Crippen LogP contribution in [0.15, 0.2) is 51.7 Å². The zero-order valence-electron chi connectivity index (χ0n) is 15.4. The molecule has 4 heteroatoms. The van der Waals surface area contributed by atoms with Crippen LogP contribution in [0.2, 0.25) is 0 Å². The van der Waals surface area contributed by atoms with Crippen molar-refractivity contribution in [3.8, 4) is 5.75 Å². The van der Waals surface area contributed by atoms with Crippen molar-refractivity contribution in [3.05, 3.63) is 73.7 Å². The minimum atomic E-state index is -0.541. The van der Waals surface area contributed by atoms with Crippen LogP contribution in [0.4, 0.5) is 5.69 Å². The molecule has 0 saturated carbocycles. The Kier molecular flexibility index (Phi) is 3.55. The summed E-state index contributed by atoms with van der Waals surface area (Å²) in [7, 11) is 1.43. The number of rotatable bonds is 3. The van der Waals surface area contributed by atoms with Crippen molar-refractivity contribution in [1.29, 1.82) is 0 Å². The Morgan fingerprint density at radius 1 is 1.08 bits per heavy atom. The average molecular weight is 347 g/mol. The first-order valence-electron chi connectivity index (χ1n) is 8.81. The molecular weight excluding hydrogens is 326 g/mol. The molecule has 0 radical (unpaired) electrons. The fourth-order valence-electron chi connectivity index (χ4n) is 4.09. The maximum atomic E-state index is 12.1. The van der Waals surface area contributed by atoms with Crippen LogP contribution in [0.1, 0.15) is 31.9 Å². The normalized spacial score (nSPS) is 17.2. The highest BCUT2D eigenvalue weighted by Crippen LogP contribution is 2.51. The van der Waals surface area contributed by atoms with Crippen molar-refractivity contribution in [3.63, 3.8) is 0 Å². The molecule has 4 nitrogen and oxygen atoms in total. The van der Waals surface area contributed by atoms with Gasteiger partial charge in [-0.15, -0.1) is 0 Å². The molecule has 3 aromatic rings. The molecule has 0 bridgehead atoms. The Bertz CT molecular complexity index is 1130. The molecule has 1 heterocycles. The van der Waals surface area contributed by atoms with E-state index >= 15 is 0 Å². The maximum absolute atomic E-state index is 12.1. The van der Waals surface area contributed by atoms with Crippen LogP contribution in [-0.2, 0) is 5.41 Å². The minimum absolute atomic E-state index is 0.162. The number of ether oxygens (including phenoxy) is 1. The van der Waals surface area contributed by atoms with E-state index < -0.39 is 10.9 Å². The SMILES string of the molecule is CCN1C(=Cc2c(OC)c(=O)c2=O)C(C)(C)c2ccc3ccccc3c21. The maximum Gasteiger partial charge on any atom is 0.268 e. The molecule has 1 aliphatic heterocycles. The van der Waals surface area contributed by atoms with E-state index in [1.54, 1.807) is 0 Å². The van der Waals surface area contributed by atoms with E-state index in [0.717, 1.165) is 12.2 Å². The van der Waals surface area contributed by atoms with Crippen molar-refractivity contribution in [1.82, 2.24) is 0 Å². The summed E-state index contributed by atoms with van der Waals surface area (Å²) in [5.41, 5.74) is 2.50. The second-order valence-electron chi connectivity index (χ2n) is 7.19.